The quantitative estimate of drug-likeness (QED) is 0.310. The molecule has 0 aliphatic heterocycles. The van der Waals surface area contributed by atoms with Crippen LogP contribution in [-0.4, -0.2) is 4.98 Å². The number of hydrogen-bond acceptors (Lipinski definition) is 1. The second-order valence-corrected chi connectivity index (χ2v) is 10.6. The molecule has 0 N–H and O–H groups in total. The highest BCUT2D eigenvalue weighted by Gasteiger charge is 2.20. The van der Waals surface area contributed by atoms with Crippen LogP contribution in [0.5, 0.6) is 0 Å². The van der Waals surface area contributed by atoms with Crippen molar-refractivity contribution in [3.63, 3.8) is 0 Å². The molecule has 0 bridgehead atoms. The van der Waals surface area contributed by atoms with Gasteiger partial charge in [0.2, 0.25) is 5.95 Å². The van der Waals surface area contributed by atoms with E-state index in [9.17, 15) is 4.39 Å². The topological polar surface area (TPSA) is 12.9 Å². The molecule has 3 aromatic carbocycles. The van der Waals surface area contributed by atoms with Gasteiger partial charge >= 0.3 is 0 Å². The van der Waals surface area contributed by atoms with Crippen molar-refractivity contribution in [1.82, 2.24) is 4.98 Å². The third kappa shape index (κ3) is 4.09. The fourth-order valence-electron chi connectivity index (χ4n) is 4.29. The van der Waals surface area contributed by atoms with Crippen molar-refractivity contribution in [3.8, 4) is 11.3 Å². The summed E-state index contributed by atoms with van der Waals surface area (Å²) in [6.07, 6.45) is 0.951. The van der Waals surface area contributed by atoms with Gasteiger partial charge in [0.25, 0.3) is 0 Å². The molecule has 0 radical (unpaired) electrons. The molecule has 30 heavy (non-hydrogen) atoms. The normalized spacial score (nSPS) is 12.6. The molecule has 4 aromatic rings. The van der Waals surface area contributed by atoms with Gasteiger partial charge in [-0.3, -0.25) is 0 Å². The van der Waals surface area contributed by atoms with Crippen LogP contribution in [0, 0.1) is 11.4 Å². The van der Waals surface area contributed by atoms with Crippen LogP contribution in [0.2, 0.25) is 0 Å². The first-order chi connectivity index (χ1) is 14.0. The lowest BCUT2D eigenvalue weighted by Gasteiger charge is -2.23. The second kappa shape index (κ2) is 7.19. The molecule has 0 atom stereocenters. The van der Waals surface area contributed by atoms with Gasteiger partial charge in [-0.1, -0.05) is 84.0 Å². The monoisotopic (exact) mass is 399 g/mol. The average Bonchev–Trinajstić information content (AvgIpc) is 2.64. The van der Waals surface area contributed by atoms with E-state index in [0.29, 0.717) is 5.69 Å². The molecule has 4 rings (SSSR count). The second-order valence-electron chi connectivity index (χ2n) is 10.6. The SMILES string of the molecule is CC(C)(C)Cc1ccc2c(-c3cc(C(C)(C)C)c4ccccc4c3)nc(F)cc2c1. The van der Waals surface area contributed by atoms with Crippen LogP contribution in [0.25, 0.3) is 32.8 Å². The summed E-state index contributed by atoms with van der Waals surface area (Å²) < 4.78 is 14.6. The van der Waals surface area contributed by atoms with Crippen molar-refractivity contribution >= 4 is 21.5 Å². The average molecular weight is 400 g/mol. The van der Waals surface area contributed by atoms with E-state index in [1.165, 1.54) is 16.5 Å². The molecule has 1 nitrogen and oxygen atoms in total. The number of fused-ring (bicyclic) bond motifs is 2. The van der Waals surface area contributed by atoms with Gasteiger partial charge in [-0.15, -0.1) is 0 Å². The fourth-order valence-corrected chi connectivity index (χ4v) is 4.29. The van der Waals surface area contributed by atoms with Crippen molar-refractivity contribution in [2.45, 2.75) is 53.4 Å². The Bertz CT molecular complexity index is 1240. The Morgan fingerprint density at radius 2 is 1.50 bits per heavy atom. The van der Waals surface area contributed by atoms with Crippen LogP contribution in [0.15, 0.2) is 60.7 Å². The minimum absolute atomic E-state index is 0.0291. The summed E-state index contributed by atoms with van der Waals surface area (Å²) >= 11 is 0. The Labute approximate surface area is 179 Å². The molecule has 1 heterocycles. The first-order valence-electron chi connectivity index (χ1n) is 10.6. The standard InChI is InChI=1S/C28H30FN/c1-27(2,3)17-18-11-12-23-20(13-18)16-25(29)30-26(23)21-14-19-9-7-8-10-22(19)24(15-21)28(4,5)6/h7-16H,17H2,1-6H3. The predicted octanol–water partition coefficient (Wildman–Crippen LogP) is 8.08. The number of rotatable bonds is 2. The van der Waals surface area contributed by atoms with Crippen LogP contribution < -0.4 is 0 Å². The number of nitrogens with zero attached hydrogens (tertiary/aromatic N) is 1. The minimum Gasteiger partial charge on any atom is -0.219 e. The number of hydrogen-bond donors (Lipinski definition) is 0. The summed E-state index contributed by atoms with van der Waals surface area (Å²) in [5, 5.41) is 4.29. The molecule has 0 amide bonds. The smallest absolute Gasteiger partial charge is 0.214 e. The number of benzene rings is 3. The van der Waals surface area contributed by atoms with Crippen LogP contribution >= 0.6 is 0 Å². The van der Waals surface area contributed by atoms with Gasteiger partial charge < -0.3 is 0 Å². The molecule has 154 valence electrons. The molecular weight excluding hydrogens is 369 g/mol. The number of aromatic nitrogens is 1. The van der Waals surface area contributed by atoms with Gasteiger partial charge in [0.1, 0.15) is 0 Å². The predicted molar refractivity (Wildman–Crippen MR) is 127 cm³/mol. The van der Waals surface area contributed by atoms with Gasteiger partial charge in [-0.25, -0.2) is 4.98 Å². The van der Waals surface area contributed by atoms with Crippen LogP contribution in [-0.2, 0) is 11.8 Å². The van der Waals surface area contributed by atoms with Crippen molar-refractivity contribution < 1.29 is 4.39 Å². The first-order valence-corrected chi connectivity index (χ1v) is 10.6. The summed E-state index contributed by atoms with van der Waals surface area (Å²) in [4.78, 5) is 4.34. The van der Waals surface area contributed by atoms with E-state index in [1.54, 1.807) is 6.07 Å². The third-order valence-corrected chi connectivity index (χ3v) is 5.54. The molecule has 0 fully saturated rings. The Morgan fingerprint density at radius 1 is 0.767 bits per heavy atom. The maximum absolute atomic E-state index is 14.6. The lowest BCUT2D eigenvalue weighted by molar-refractivity contribution is 0.411. The van der Waals surface area contributed by atoms with E-state index < -0.39 is 5.95 Å². The molecule has 0 unspecified atom stereocenters. The highest BCUT2D eigenvalue weighted by atomic mass is 19.1. The summed E-state index contributed by atoms with van der Waals surface area (Å²) in [6, 6.07) is 20.6. The Balaban J connectivity index is 1.96. The van der Waals surface area contributed by atoms with E-state index in [1.807, 2.05) is 0 Å². The van der Waals surface area contributed by atoms with Gasteiger partial charge in [0, 0.05) is 17.0 Å². The van der Waals surface area contributed by atoms with Crippen molar-refractivity contribution in [2.24, 2.45) is 5.41 Å². The van der Waals surface area contributed by atoms with Gasteiger partial charge in [-0.05, 0) is 56.7 Å². The summed E-state index contributed by atoms with van der Waals surface area (Å²) in [7, 11) is 0. The summed E-state index contributed by atoms with van der Waals surface area (Å²) in [5.41, 5.74) is 4.30. The van der Waals surface area contributed by atoms with E-state index in [2.05, 4.69) is 101 Å². The zero-order valence-electron chi connectivity index (χ0n) is 18.8. The Hall–Kier alpha value is -2.74. The number of pyridine rings is 1. The minimum atomic E-state index is -0.434. The Morgan fingerprint density at radius 3 is 2.20 bits per heavy atom. The first kappa shape index (κ1) is 20.5. The lowest BCUT2D eigenvalue weighted by atomic mass is 9.82. The van der Waals surface area contributed by atoms with Gasteiger partial charge in [0.05, 0.1) is 5.69 Å². The highest BCUT2D eigenvalue weighted by Crippen LogP contribution is 2.37. The molecule has 0 saturated heterocycles. The van der Waals surface area contributed by atoms with Crippen LogP contribution in [0.4, 0.5) is 4.39 Å². The third-order valence-electron chi connectivity index (χ3n) is 5.54. The van der Waals surface area contributed by atoms with E-state index in [0.717, 1.165) is 28.1 Å². The van der Waals surface area contributed by atoms with Gasteiger partial charge in [-0.2, -0.15) is 4.39 Å². The van der Waals surface area contributed by atoms with E-state index in [4.69, 9.17) is 0 Å². The van der Waals surface area contributed by atoms with E-state index in [-0.39, 0.29) is 10.8 Å². The van der Waals surface area contributed by atoms with Gasteiger partial charge in [0.15, 0.2) is 0 Å². The highest BCUT2D eigenvalue weighted by molar-refractivity contribution is 5.98. The van der Waals surface area contributed by atoms with Crippen LogP contribution in [0.1, 0.15) is 52.7 Å². The van der Waals surface area contributed by atoms with E-state index >= 15 is 0 Å². The molecule has 0 spiro atoms. The maximum Gasteiger partial charge on any atom is 0.214 e. The Kier molecular flexibility index (Phi) is 4.92. The summed E-state index contributed by atoms with van der Waals surface area (Å²) in [6.45, 7) is 13.3. The van der Waals surface area contributed by atoms with Crippen molar-refractivity contribution in [2.75, 3.05) is 0 Å². The lowest BCUT2D eigenvalue weighted by Crippen LogP contribution is -2.12. The molecule has 0 saturated carbocycles. The molecule has 2 heteroatoms. The fraction of sp³-hybridized carbons (Fsp3) is 0.321. The van der Waals surface area contributed by atoms with Crippen molar-refractivity contribution in [1.29, 1.82) is 0 Å². The molecule has 0 aliphatic rings. The number of halogens is 1. The molecule has 1 aromatic heterocycles. The zero-order valence-corrected chi connectivity index (χ0v) is 18.8. The summed E-state index contributed by atoms with van der Waals surface area (Å²) in [5.74, 6) is -0.434. The maximum atomic E-state index is 14.6. The molecule has 0 aliphatic carbocycles. The van der Waals surface area contributed by atoms with Crippen molar-refractivity contribution in [3.05, 3.63) is 77.7 Å². The van der Waals surface area contributed by atoms with Crippen LogP contribution in [0.3, 0.4) is 0 Å². The largest absolute Gasteiger partial charge is 0.219 e. The molecular formula is C28H30FN. The zero-order chi connectivity index (χ0) is 21.7.